The maximum Gasteiger partial charge on any atom is 0.416 e. The Morgan fingerprint density at radius 3 is 2.40 bits per heavy atom. The topological polar surface area (TPSA) is 42.2 Å². The van der Waals surface area contributed by atoms with Crippen molar-refractivity contribution in [3.63, 3.8) is 0 Å². The number of furan rings is 1. The van der Waals surface area contributed by atoms with E-state index in [1.165, 1.54) is 12.1 Å². The van der Waals surface area contributed by atoms with Gasteiger partial charge >= 0.3 is 6.18 Å². The first-order chi connectivity index (χ1) is 11.9. The smallest absolute Gasteiger partial charge is 0.416 e. The Hall–Kier alpha value is -2.76. The SMILES string of the molecule is Cc1c(C(=O)NCCc2ccc(C(F)(F)F)cc2)oc2ccccc12. The zero-order chi connectivity index (χ0) is 18.0. The lowest BCUT2D eigenvalue weighted by Gasteiger charge is -2.08. The highest BCUT2D eigenvalue weighted by Gasteiger charge is 2.29. The molecule has 0 aliphatic rings. The lowest BCUT2D eigenvalue weighted by molar-refractivity contribution is -0.137. The largest absolute Gasteiger partial charge is 0.451 e. The summed E-state index contributed by atoms with van der Waals surface area (Å²) in [5, 5.41) is 3.62. The molecule has 6 heteroatoms. The van der Waals surface area contributed by atoms with Crippen LogP contribution in [0.15, 0.2) is 52.9 Å². The zero-order valence-electron chi connectivity index (χ0n) is 13.5. The van der Waals surface area contributed by atoms with Gasteiger partial charge in [-0.1, -0.05) is 30.3 Å². The van der Waals surface area contributed by atoms with E-state index in [-0.39, 0.29) is 11.7 Å². The lowest BCUT2D eigenvalue weighted by Crippen LogP contribution is -2.25. The van der Waals surface area contributed by atoms with E-state index in [0.29, 0.717) is 18.5 Å². The zero-order valence-corrected chi connectivity index (χ0v) is 13.5. The second-order valence-electron chi connectivity index (χ2n) is 5.75. The van der Waals surface area contributed by atoms with Gasteiger partial charge in [-0.3, -0.25) is 4.79 Å². The van der Waals surface area contributed by atoms with Crippen molar-refractivity contribution in [3.8, 4) is 0 Å². The summed E-state index contributed by atoms with van der Waals surface area (Å²) in [5.41, 5.74) is 1.45. The second kappa shape index (κ2) is 6.63. The van der Waals surface area contributed by atoms with Crippen LogP contribution < -0.4 is 5.32 Å². The molecule has 2 aromatic carbocycles. The van der Waals surface area contributed by atoms with E-state index in [1.54, 1.807) is 6.07 Å². The van der Waals surface area contributed by atoms with Gasteiger partial charge in [0.15, 0.2) is 5.76 Å². The molecule has 0 fully saturated rings. The number of amides is 1. The highest BCUT2D eigenvalue weighted by molar-refractivity contribution is 5.98. The van der Waals surface area contributed by atoms with Crippen molar-refractivity contribution in [2.75, 3.05) is 6.54 Å². The lowest BCUT2D eigenvalue weighted by atomic mass is 10.1. The molecule has 0 saturated heterocycles. The van der Waals surface area contributed by atoms with Crippen LogP contribution in [0, 0.1) is 6.92 Å². The number of nitrogens with one attached hydrogen (secondary N) is 1. The van der Waals surface area contributed by atoms with Crippen LogP contribution in [0.25, 0.3) is 11.0 Å². The van der Waals surface area contributed by atoms with Gasteiger partial charge in [-0.15, -0.1) is 0 Å². The Kier molecular flexibility index (Phi) is 4.53. The predicted octanol–water partition coefficient (Wildman–Crippen LogP) is 4.73. The summed E-state index contributed by atoms with van der Waals surface area (Å²) >= 11 is 0. The van der Waals surface area contributed by atoms with Crippen molar-refractivity contribution in [3.05, 3.63) is 71.0 Å². The number of hydrogen-bond acceptors (Lipinski definition) is 2. The summed E-state index contributed by atoms with van der Waals surface area (Å²) in [4.78, 5) is 12.3. The van der Waals surface area contributed by atoms with Crippen LogP contribution in [0.4, 0.5) is 13.2 Å². The van der Waals surface area contributed by atoms with E-state index in [1.807, 2.05) is 25.1 Å². The van der Waals surface area contributed by atoms with Crippen molar-refractivity contribution >= 4 is 16.9 Å². The third-order valence-corrected chi connectivity index (χ3v) is 4.03. The molecule has 25 heavy (non-hydrogen) atoms. The minimum atomic E-state index is -4.34. The summed E-state index contributed by atoms with van der Waals surface area (Å²) < 4.78 is 43.1. The molecular weight excluding hydrogens is 331 g/mol. The molecule has 3 aromatic rings. The van der Waals surface area contributed by atoms with Gasteiger partial charge in [-0.05, 0) is 37.1 Å². The van der Waals surface area contributed by atoms with Gasteiger partial charge in [0.05, 0.1) is 5.56 Å². The van der Waals surface area contributed by atoms with Crippen LogP contribution in [0.5, 0.6) is 0 Å². The van der Waals surface area contributed by atoms with Crippen LogP contribution in [0.3, 0.4) is 0 Å². The summed E-state index contributed by atoms with van der Waals surface area (Å²) in [5.74, 6) is -0.0748. The molecule has 3 rings (SSSR count). The summed E-state index contributed by atoms with van der Waals surface area (Å²) in [6.07, 6.45) is -3.91. The maximum atomic E-state index is 12.5. The number of rotatable bonds is 4. The minimum Gasteiger partial charge on any atom is -0.451 e. The number of halogens is 3. The van der Waals surface area contributed by atoms with Gasteiger partial charge in [0, 0.05) is 17.5 Å². The van der Waals surface area contributed by atoms with Gasteiger partial charge in [-0.25, -0.2) is 0 Å². The summed E-state index contributed by atoms with van der Waals surface area (Å²) in [6.45, 7) is 2.12. The molecule has 1 heterocycles. The van der Waals surface area contributed by atoms with Gasteiger partial charge < -0.3 is 9.73 Å². The fraction of sp³-hybridized carbons (Fsp3) is 0.211. The Labute approximate surface area is 142 Å². The molecule has 0 atom stereocenters. The molecule has 0 unspecified atom stereocenters. The Morgan fingerprint density at radius 2 is 1.76 bits per heavy atom. The minimum absolute atomic E-state index is 0.258. The van der Waals surface area contributed by atoms with E-state index in [4.69, 9.17) is 4.42 Å². The van der Waals surface area contributed by atoms with Gasteiger partial charge in [0.2, 0.25) is 0 Å². The van der Waals surface area contributed by atoms with Crippen molar-refractivity contribution in [1.82, 2.24) is 5.32 Å². The van der Waals surface area contributed by atoms with Crippen LogP contribution in [0.1, 0.15) is 27.2 Å². The number of carbonyl (C=O) groups is 1. The molecule has 130 valence electrons. The molecule has 0 spiro atoms. The first-order valence-corrected chi connectivity index (χ1v) is 7.79. The molecule has 0 aliphatic carbocycles. The number of fused-ring (bicyclic) bond motifs is 1. The summed E-state index contributed by atoms with van der Waals surface area (Å²) in [7, 11) is 0. The highest BCUT2D eigenvalue weighted by atomic mass is 19.4. The van der Waals surface area contributed by atoms with Gasteiger partial charge in [0.25, 0.3) is 5.91 Å². The van der Waals surface area contributed by atoms with E-state index in [2.05, 4.69) is 5.32 Å². The molecule has 1 N–H and O–H groups in total. The average molecular weight is 347 g/mol. The molecule has 0 bridgehead atoms. The molecule has 1 aromatic heterocycles. The molecule has 1 amide bonds. The van der Waals surface area contributed by atoms with E-state index < -0.39 is 11.7 Å². The normalized spacial score (nSPS) is 11.7. The number of aryl methyl sites for hydroxylation is 1. The number of para-hydroxylation sites is 1. The number of benzene rings is 2. The molecule has 3 nitrogen and oxygen atoms in total. The van der Waals surface area contributed by atoms with E-state index in [0.717, 1.165) is 28.6 Å². The fourth-order valence-corrected chi connectivity index (χ4v) is 2.65. The van der Waals surface area contributed by atoms with Crippen molar-refractivity contribution < 1.29 is 22.4 Å². The van der Waals surface area contributed by atoms with Crippen LogP contribution in [0.2, 0.25) is 0 Å². The average Bonchev–Trinajstić information content (AvgIpc) is 2.92. The first kappa shape index (κ1) is 17.1. The van der Waals surface area contributed by atoms with Gasteiger partial charge in [0.1, 0.15) is 5.58 Å². The Morgan fingerprint density at radius 1 is 1.08 bits per heavy atom. The second-order valence-corrected chi connectivity index (χ2v) is 5.75. The Balaban J connectivity index is 1.61. The molecule has 0 saturated carbocycles. The standard InChI is InChI=1S/C19H16F3NO2/c1-12-15-4-2-3-5-16(15)25-17(12)18(24)23-11-10-13-6-8-14(9-7-13)19(20,21)22/h2-9H,10-11H2,1H3,(H,23,24). The van der Waals surface area contributed by atoms with Crippen LogP contribution in [-0.4, -0.2) is 12.5 Å². The third kappa shape index (κ3) is 3.68. The number of carbonyl (C=O) groups excluding carboxylic acids is 1. The molecular formula is C19H16F3NO2. The Bertz CT molecular complexity index is 895. The quantitative estimate of drug-likeness (QED) is 0.741. The summed E-state index contributed by atoms with van der Waals surface area (Å²) in [6, 6.07) is 12.3. The van der Waals surface area contributed by atoms with Crippen LogP contribution in [-0.2, 0) is 12.6 Å². The maximum absolute atomic E-state index is 12.5. The van der Waals surface area contributed by atoms with E-state index in [9.17, 15) is 18.0 Å². The molecule has 0 radical (unpaired) electrons. The van der Waals surface area contributed by atoms with Gasteiger partial charge in [-0.2, -0.15) is 13.2 Å². The third-order valence-electron chi connectivity index (χ3n) is 4.03. The van der Waals surface area contributed by atoms with Crippen LogP contribution >= 0.6 is 0 Å². The molecule has 0 aliphatic heterocycles. The predicted molar refractivity (Wildman–Crippen MR) is 88.4 cm³/mol. The highest BCUT2D eigenvalue weighted by Crippen LogP contribution is 2.29. The van der Waals surface area contributed by atoms with Crippen molar-refractivity contribution in [2.45, 2.75) is 19.5 Å². The first-order valence-electron chi connectivity index (χ1n) is 7.79. The monoisotopic (exact) mass is 347 g/mol. The number of hydrogen-bond donors (Lipinski definition) is 1. The number of alkyl halides is 3. The fourth-order valence-electron chi connectivity index (χ4n) is 2.65. The van der Waals surface area contributed by atoms with Crippen molar-refractivity contribution in [2.24, 2.45) is 0 Å². The van der Waals surface area contributed by atoms with E-state index >= 15 is 0 Å². The van der Waals surface area contributed by atoms with Crippen molar-refractivity contribution in [1.29, 1.82) is 0 Å².